The highest BCUT2D eigenvalue weighted by Gasteiger charge is 2.52. The van der Waals surface area contributed by atoms with E-state index in [4.69, 9.17) is 0 Å². The first-order valence-corrected chi connectivity index (χ1v) is 5.69. The van der Waals surface area contributed by atoms with Gasteiger partial charge in [0.05, 0.1) is 6.10 Å². The van der Waals surface area contributed by atoms with E-state index < -0.39 is 29.4 Å². The van der Waals surface area contributed by atoms with Gasteiger partial charge in [-0.05, 0) is 25.7 Å². The molecule has 1 saturated heterocycles. The second-order valence-electron chi connectivity index (χ2n) is 4.55. The Morgan fingerprint density at radius 1 is 1.18 bits per heavy atom. The summed E-state index contributed by atoms with van der Waals surface area (Å²) in [5, 5.41) is 13.6. The molecule has 2 atom stereocenters. The average molecular weight is 242 g/mol. The van der Waals surface area contributed by atoms with Crippen molar-refractivity contribution in [3.8, 4) is 0 Å². The number of urea groups is 1. The first-order chi connectivity index (χ1) is 7.84. The lowest BCUT2D eigenvalue weighted by molar-refractivity contribution is -0.149. The maximum Gasteiger partial charge on any atom is 0.328 e. The molecular formula is C11H18N2O4. The van der Waals surface area contributed by atoms with Gasteiger partial charge in [0, 0.05) is 0 Å². The summed E-state index contributed by atoms with van der Waals surface area (Å²) >= 11 is 0. The summed E-state index contributed by atoms with van der Waals surface area (Å²) in [6, 6.07) is -0.784. The molecule has 0 bridgehead atoms. The standard InChI is InChI=1S/C11H18N2O4/c1-4-11(6(2)5-7(3)14)8(15)12-10(17)13-9(11)16/h6-7,14H,4-5H2,1-3H3,(H2,12,13,15,16,17). The molecule has 0 radical (unpaired) electrons. The molecule has 1 aliphatic heterocycles. The number of barbiturate groups is 1. The monoisotopic (exact) mass is 242 g/mol. The largest absolute Gasteiger partial charge is 0.393 e. The SMILES string of the molecule is CCC1(C(C)CC(C)O)C(=O)NC(=O)NC1=O. The summed E-state index contributed by atoms with van der Waals surface area (Å²) in [7, 11) is 0. The average Bonchev–Trinajstić information content (AvgIpc) is 2.16. The molecular weight excluding hydrogens is 224 g/mol. The molecule has 0 saturated carbocycles. The fourth-order valence-electron chi connectivity index (χ4n) is 2.39. The number of aliphatic hydroxyl groups is 1. The molecule has 1 rings (SSSR count). The van der Waals surface area contributed by atoms with Crippen LogP contribution in [0.1, 0.15) is 33.6 Å². The molecule has 6 heteroatoms. The predicted molar refractivity (Wildman–Crippen MR) is 59.9 cm³/mol. The van der Waals surface area contributed by atoms with Gasteiger partial charge in [-0.2, -0.15) is 0 Å². The van der Waals surface area contributed by atoms with E-state index in [1.807, 2.05) is 0 Å². The van der Waals surface area contributed by atoms with Gasteiger partial charge in [-0.3, -0.25) is 20.2 Å². The van der Waals surface area contributed by atoms with Crippen LogP contribution >= 0.6 is 0 Å². The van der Waals surface area contributed by atoms with Crippen LogP contribution in [0.25, 0.3) is 0 Å². The highest BCUT2D eigenvalue weighted by molar-refractivity contribution is 6.19. The second kappa shape index (κ2) is 4.83. The Bertz CT molecular complexity index is 331. The second-order valence-corrected chi connectivity index (χ2v) is 4.55. The van der Waals surface area contributed by atoms with Gasteiger partial charge in [-0.1, -0.05) is 13.8 Å². The zero-order valence-corrected chi connectivity index (χ0v) is 10.2. The molecule has 1 heterocycles. The van der Waals surface area contributed by atoms with Gasteiger partial charge >= 0.3 is 6.03 Å². The minimum absolute atomic E-state index is 0.284. The van der Waals surface area contributed by atoms with Gasteiger partial charge in [-0.15, -0.1) is 0 Å². The predicted octanol–water partition coefficient (Wildman–Crippen LogP) is 0.156. The lowest BCUT2D eigenvalue weighted by Crippen LogP contribution is -2.64. The first kappa shape index (κ1) is 13.6. The van der Waals surface area contributed by atoms with Crippen LogP contribution in [0.5, 0.6) is 0 Å². The van der Waals surface area contributed by atoms with Crippen LogP contribution in [0.2, 0.25) is 0 Å². The normalized spacial score (nSPS) is 22.7. The van der Waals surface area contributed by atoms with E-state index in [0.717, 1.165) is 0 Å². The number of hydrogen-bond donors (Lipinski definition) is 3. The molecule has 96 valence electrons. The smallest absolute Gasteiger partial charge is 0.328 e. The Morgan fingerprint density at radius 2 is 1.65 bits per heavy atom. The lowest BCUT2D eigenvalue weighted by Gasteiger charge is -2.38. The number of nitrogens with one attached hydrogen (secondary N) is 2. The Hall–Kier alpha value is -1.43. The molecule has 0 aromatic carbocycles. The Kier molecular flexibility index (Phi) is 3.87. The van der Waals surface area contributed by atoms with Gasteiger partial charge in [0.15, 0.2) is 0 Å². The van der Waals surface area contributed by atoms with E-state index in [1.54, 1.807) is 20.8 Å². The summed E-state index contributed by atoms with van der Waals surface area (Å²) in [6.07, 6.45) is 0.000906. The number of aliphatic hydroxyl groups excluding tert-OH is 1. The van der Waals surface area contributed by atoms with E-state index in [-0.39, 0.29) is 12.3 Å². The van der Waals surface area contributed by atoms with Crippen LogP contribution in [0.4, 0.5) is 4.79 Å². The van der Waals surface area contributed by atoms with Gasteiger partial charge in [0.1, 0.15) is 5.41 Å². The van der Waals surface area contributed by atoms with Crippen LogP contribution in [-0.2, 0) is 9.59 Å². The zero-order valence-electron chi connectivity index (χ0n) is 10.2. The summed E-state index contributed by atoms with van der Waals surface area (Å²) in [6.45, 7) is 5.04. The number of carbonyl (C=O) groups is 3. The number of carbonyl (C=O) groups excluding carboxylic acids is 3. The Labute approximate surface area is 99.8 Å². The first-order valence-electron chi connectivity index (χ1n) is 5.69. The quantitative estimate of drug-likeness (QED) is 0.612. The number of amides is 4. The Morgan fingerprint density at radius 3 is 2.00 bits per heavy atom. The third-order valence-electron chi connectivity index (χ3n) is 3.36. The van der Waals surface area contributed by atoms with E-state index in [9.17, 15) is 19.5 Å². The molecule has 4 amide bonds. The van der Waals surface area contributed by atoms with Crippen molar-refractivity contribution in [1.82, 2.24) is 10.6 Å². The molecule has 0 aliphatic carbocycles. The van der Waals surface area contributed by atoms with Crippen molar-refractivity contribution >= 4 is 17.8 Å². The molecule has 2 unspecified atom stereocenters. The number of imide groups is 2. The van der Waals surface area contributed by atoms with Crippen LogP contribution < -0.4 is 10.6 Å². The van der Waals surface area contributed by atoms with Gasteiger partial charge in [0.25, 0.3) is 0 Å². The van der Waals surface area contributed by atoms with E-state index in [1.165, 1.54) is 0 Å². The molecule has 0 aromatic rings. The molecule has 6 nitrogen and oxygen atoms in total. The summed E-state index contributed by atoms with van der Waals surface area (Å²) in [5.41, 5.74) is -1.27. The molecule has 3 N–H and O–H groups in total. The maximum atomic E-state index is 11.9. The van der Waals surface area contributed by atoms with Crippen molar-refractivity contribution in [3.05, 3.63) is 0 Å². The fourth-order valence-corrected chi connectivity index (χ4v) is 2.39. The zero-order chi connectivity index (χ0) is 13.2. The van der Waals surface area contributed by atoms with Crippen molar-refractivity contribution in [2.75, 3.05) is 0 Å². The molecule has 1 aliphatic rings. The van der Waals surface area contributed by atoms with Crippen LogP contribution in [-0.4, -0.2) is 29.1 Å². The van der Waals surface area contributed by atoms with Gasteiger partial charge < -0.3 is 5.11 Å². The van der Waals surface area contributed by atoms with E-state index in [0.29, 0.717) is 6.42 Å². The highest BCUT2D eigenvalue weighted by Crippen LogP contribution is 2.36. The third-order valence-corrected chi connectivity index (χ3v) is 3.36. The number of hydrogen-bond acceptors (Lipinski definition) is 4. The molecule has 0 spiro atoms. The molecule has 1 fully saturated rings. The fraction of sp³-hybridized carbons (Fsp3) is 0.727. The van der Waals surface area contributed by atoms with E-state index in [2.05, 4.69) is 10.6 Å². The van der Waals surface area contributed by atoms with Crippen molar-refractivity contribution in [2.24, 2.45) is 11.3 Å². The van der Waals surface area contributed by atoms with E-state index >= 15 is 0 Å². The van der Waals surface area contributed by atoms with Crippen molar-refractivity contribution in [2.45, 2.75) is 39.7 Å². The molecule has 17 heavy (non-hydrogen) atoms. The highest BCUT2D eigenvalue weighted by atomic mass is 16.3. The Balaban J connectivity index is 3.04. The summed E-state index contributed by atoms with van der Waals surface area (Å²) in [4.78, 5) is 34.9. The lowest BCUT2D eigenvalue weighted by atomic mass is 9.69. The van der Waals surface area contributed by atoms with Crippen molar-refractivity contribution in [3.63, 3.8) is 0 Å². The van der Waals surface area contributed by atoms with Crippen LogP contribution in [0, 0.1) is 11.3 Å². The third kappa shape index (κ3) is 2.31. The topological polar surface area (TPSA) is 95.5 Å². The molecule has 0 aromatic heterocycles. The van der Waals surface area contributed by atoms with Crippen molar-refractivity contribution < 1.29 is 19.5 Å². The maximum absolute atomic E-state index is 11.9. The minimum Gasteiger partial charge on any atom is -0.393 e. The van der Waals surface area contributed by atoms with Crippen molar-refractivity contribution in [1.29, 1.82) is 0 Å². The van der Waals surface area contributed by atoms with Crippen LogP contribution in [0.15, 0.2) is 0 Å². The van der Waals surface area contributed by atoms with Gasteiger partial charge in [-0.25, -0.2) is 4.79 Å². The number of rotatable bonds is 4. The summed E-state index contributed by atoms with van der Waals surface area (Å²) < 4.78 is 0. The minimum atomic E-state index is -1.27. The van der Waals surface area contributed by atoms with Crippen LogP contribution in [0.3, 0.4) is 0 Å². The van der Waals surface area contributed by atoms with Gasteiger partial charge in [0.2, 0.25) is 11.8 Å². The summed E-state index contributed by atoms with van der Waals surface area (Å²) in [5.74, 6) is -1.51.